The molecule has 1 aliphatic rings. The zero-order chi connectivity index (χ0) is 11.8. The highest BCUT2D eigenvalue weighted by Crippen LogP contribution is 2.04. The van der Waals surface area contributed by atoms with Gasteiger partial charge in [-0.25, -0.2) is 0 Å². The number of nitrogens with zero attached hydrogens (tertiary/aromatic N) is 2. The summed E-state index contributed by atoms with van der Waals surface area (Å²) in [5.74, 6) is 0. The van der Waals surface area contributed by atoms with E-state index in [1.54, 1.807) is 7.11 Å². The molecule has 0 aromatic carbocycles. The highest BCUT2D eigenvalue weighted by atomic mass is 16.5. The SMILES string of the molecule is COC1CCNCCCN(C)CCCN1C. The third-order valence-electron chi connectivity index (χ3n) is 3.28. The fraction of sp³-hybridized carbons (Fsp3) is 1.00. The van der Waals surface area contributed by atoms with Crippen molar-refractivity contribution in [3.8, 4) is 0 Å². The quantitative estimate of drug-likeness (QED) is 0.712. The van der Waals surface area contributed by atoms with E-state index >= 15 is 0 Å². The third-order valence-corrected chi connectivity index (χ3v) is 3.28. The molecule has 0 amide bonds. The number of rotatable bonds is 1. The first kappa shape index (κ1) is 13.9. The van der Waals surface area contributed by atoms with Crippen LogP contribution in [0.3, 0.4) is 0 Å². The molecule has 1 aliphatic heterocycles. The maximum atomic E-state index is 5.51. The Bertz CT molecular complexity index is 178. The van der Waals surface area contributed by atoms with Gasteiger partial charge < -0.3 is 15.0 Å². The van der Waals surface area contributed by atoms with Crippen LogP contribution in [0.25, 0.3) is 0 Å². The molecule has 1 rings (SSSR count). The van der Waals surface area contributed by atoms with Crippen molar-refractivity contribution < 1.29 is 4.74 Å². The van der Waals surface area contributed by atoms with Gasteiger partial charge in [0.1, 0.15) is 6.23 Å². The summed E-state index contributed by atoms with van der Waals surface area (Å²) in [6.07, 6.45) is 3.80. The smallest absolute Gasteiger partial charge is 0.111 e. The largest absolute Gasteiger partial charge is 0.366 e. The van der Waals surface area contributed by atoms with Crippen LogP contribution in [-0.4, -0.2) is 70.0 Å². The maximum Gasteiger partial charge on any atom is 0.111 e. The zero-order valence-corrected chi connectivity index (χ0v) is 11.0. The Hall–Kier alpha value is -0.160. The normalized spacial score (nSPS) is 28.3. The van der Waals surface area contributed by atoms with Gasteiger partial charge in [0.05, 0.1) is 0 Å². The van der Waals surface area contributed by atoms with Crippen molar-refractivity contribution in [2.24, 2.45) is 0 Å². The average Bonchev–Trinajstić information content (AvgIpc) is 2.26. The second-order valence-corrected chi connectivity index (χ2v) is 4.72. The Balaban J connectivity index is 2.37. The molecule has 0 radical (unpaired) electrons. The molecular formula is C12H27N3O. The van der Waals surface area contributed by atoms with Gasteiger partial charge in [-0.05, 0) is 59.5 Å². The van der Waals surface area contributed by atoms with Crippen molar-refractivity contribution in [1.29, 1.82) is 0 Å². The third kappa shape index (κ3) is 5.25. The molecule has 0 aliphatic carbocycles. The van der Waals surface area contributed by atoms with E-state index in [-0.39, 0.29) is 6.23 Å². The van der Waals surface area contributed by atoms with Crippen LogP contribution in [0.2, 0.25) is 0 Å². The van der Waals surface area contributed by atoms with Gasteiger partial charge in [-0.3, -0.25) is 4.90 Å². The van der Waals surface area contributed by atoms with Gasteiger partial charge >= 0.3 is 0 Å². The van der Waals surface area contributed by atoms with E-state index in [0.29, 0.717) is 0 Å². The van der Waals surface area contributed by atoms with Crippen LogP contribution in [0.1, 0.15) is 19.3 Å². The minimum absolute atomic E-state index is 0.261. The minimum Gasteiger partial charge on any atom is -0.366 e. The van der Waals surface area contributed by atoms with Gasteiger partial charge in [-0.2, -0.15) is 0 Å². The standard InChI is InChI=1S/C12H27N3O/c1-14-9-4-7-13-8-6-12(16-3)15(2)11-5-10-14/h12-13H,4-11H2,1-3H3. The van der Waals surface area contributed by atoms with E-state index in [1.807, 2.05) is 0 Å². The van der Waals surface area contributed by atoms with Crippen LogP contribution in [0.4, 0.5) is 0 Å². The maximum absolute atomic E-state index is 5.51. The number of nitrogens with one attached hydrogen (secondary N) is 1. The fourth-order valence-electron chi connectivity index (χ4n) is 2.19. The van der Waals surface area contributed by atoms with Crippen LogP contribution in [-0.2, 0) is 4.74 Å². The van der Waals surface area contributed by atoms with Crippen LogP contribution < -0.4 is 5.32 Å². The Kier molecular flexibility index (Phi) is 6.96. The van der Waals surface area contributed by atoms with Crippen LogP contribution in [0.5, 0.6) is 0 Å². The lowest BCUT2D eigenvalue weighted by atomic mass is 10.2. The number of methoxy groups -OCH3 is 1. The molecule has 96 valence electrons. The summed E-state index contributed by atoms with van der Waals surface area (Å²) < 4.78 is 5.51. The molecule has 4 nitrogen and oxygen atoms in total. The summed E-state index contributed by atoms with van der Waals surface area (Å²) in [5.41, 5.74) is 0. The summed E-state index contributed by atoms with van der Waals surface area (Å²) in [6.45, 7) is 5.66. The van der Waals surface area contributed by atoms with Crippen molar-refractivity contribution in [2.45, 2.75) is 25.5 Å². The number of hydrogen-bond acceptors (Lipinski definition) is 4. The van der Waals surface area contributed by atoms with Crippen LogP contribution in [0, 0.1) is 0 Å². The topological polar surface area (TPSA) is 27.7 Å². The summed E-state index contributed by atoms with van der Waals surface area (Å²) in [7, 11) is 6.17. The highest BCUT2D eigenvalue weighted by molar-refractivity contribution is 4.64. The summed E-state index contributed by atoms with van der Waals surface area (Å²) >= 11 is 0. The Labute approximate surface area is 99.9 Å². The first-order valence-corrected chi connectivity index (χ1v) is 6.36. The van der Waals surface area contributed by atoms with Crippen LogP contribution in [0.15, 0.2) is 0 Å². The number of hydrogen-bond donors (Lipinski definition) is 1. The Morgan fingerprint density at radius 3 is 2.56 bits per heavy atom. The van der Waals surface area contributed by atoms with Gasteiger partial charge in [0.15, 0.2) is 0 Å². The molecule has 1 saturated heterocycles. The Morgan fingerprint density at radius 2 is 1.81 bits per heavy atom. The second-order valence-electron chi connectivity index (χ2n) is 4.72. The van der Waals surface area contributed by atoms with Crippen molar-refractivity contribution in [3.05, 3.63) is 0 Å². The molecule has 1 atom stereocenters. The van der Waals surface area contributed by atoms with Crippen molar-refractivity contribution in [1.82, 2.24) is 15.1 Å². The van der Waals surface area contributed by atoms with E-state index in [9.17, 15) is 0 Å². The lowest BCUT2D eigenvalue weighted by Gasteiger charge is -2.28. The molecule has 0 bridgehead atoms. The van der Waals surface area contributed by atoms with E-state index in [2.05, 4.69) is 29.2 Å². The molecule has 1 N–H and O–H groups in total. The highest BCUT2D eigenvalue weighted by Gasteiger charge is 2.13. The molecular weight excluding hydrogens is 202 g/mol. The molecule has 1 heterocycles. The molecule has 0 aromatic heterocycles. The lowest BCUT2D eigenvalue weighted by molar-refractivity contribution is -0.0241. The lowest BCUT2D eigenvalue weighted by Crippen LogP contribution is -2.38. The van der Waals surface area contributed by atoms with Gasteiger partial charge in [0.2, 0.25) is 0 Å². The second kappa shape index (κ2) is 8.01. The zero-order valence-electron chi connectivity index (χ0n) is 11.0. The van der Waals surface area contributed by atoms with E-state index < -0.39 is 0 Å². The predicted octanol–water partition coefficient (Wildman–Crippen LogP) is 0.596. The molecule has 16 heavy (non-hydrogen) atoms. The van der Waals surface area contributed by atoms with Gasteiger partial charge in [-0.1, -0.05) is 0 Å². The van der Waals surface area contributed by atoms with Crippen molar-refractivity contribution in [3.63, 3.8) is 0 Å². The first-order valence-electron chi connectivity index (χ1n) is 6.36. The molecule has 1 fully saturated rings. The van der Waals surface area contributed by atoms with Gasteiger partial charge in [0.25, 0.3) is 0 Å². The van der Waals surface area contributed by atoms with Gasteiger partial charge in [-0.15, -0.1) is 0 Å². The molecule has 0 saturated carbocycles. The van der Waals surface area contributed by atoms with Gasteiger partial charge in [0, 0.05) is 13.7 Å². The minimum atomic E-state index is 0.261. The van der Waals surface area contributed by atoms with E-state index in [1.165, 1.54) is 25.9 Å². The summed E-state index contributed by atoms with van der Waals surface area (Å²) in [6, 6.07) is 0. The summed E-state index contributed by atoms with van der Waals surface area (Å²) in [4.78, 5) is 4.73. The fourth-order valence-corrected chi connectivity index (χ4v) is 2.19. The van der Waals surface area contributed by atoms with E-state index in [0.717, 1.165) is 26.1 Å². The molecule has 1 unspecified atom stereocenters. The molecule has 0 aromatic rings. The average molecular weight is 229 g/mol. The number of ether oxygens (including phenoxy) is 1. The first-order chi connectivity index (χ1) is 7.74. The molecule has 4 heteroatoms. The van der Waals surface area contributed by atoms with Crippen molar-refractivity contribution in [2.75, 3.05) is 53.9 Å². The summed E-state index contributed by atoms with van der Waals surface area (Å²) in [5, 5.41) is 3.48. The predicted molar refractivity (Wildman–Crippen MR) is 67.6 cm³/mol. The van der Waals surface area contributed by atoms with E-state index in [4.69, 9.17) is 4.74 Å². The van der Waals surface area contributed by atoms with Crippen molar-refractivity contribution >= 4 is 0 Å². The monoisotopic (exact) mass is 229 g/mol. The molecule has 0 spiro atoms. The van der Waals surface area contributed by atoms with Crippen LogP contribution >= 0.6 is 0 Å². The Morgan fingerprint density at radius 1 is 1.06 bits per heavy atom.